The topological polar surface area (TPSA) is 147 Å². The molecule has 2 fully saturated rings. The number of nitrogens with one attached hydrogen (secondary N) is 1. The van der Waals surface area contributed by atoms with Crippen molar-refractivity contribution in [2.75, 3.05) is 34.4 Å². The van der Waals surface area contributed by atoms with Gasteiger partial charge in [0.15, 0.2) is 0 Å². The number of nitrogens with zero attached hydrogens (tertiary/aromatic N) is 2. The molecule has 10 nitrogen and oxygen atoms in total. The fourth-order valence-corrected chi connectivity index (χ4v) is 6.75. The zero-order valence-corrected chi connectivity index (χ0v) is 25.9. The lowest BCUT2D eigenvalue weighted by Crippen LogP contribution is -2.58. The Morgan fingerprint density at radius 1 is 1.26 bits per heavy atom. The molecular formula is C33H44N4O6. The number of carbonyl (C=O) groups is 2. The predicted molar refractivity (Wildman–Crippen MR) is 166 cm³/mol. The lowest BCUT2D eigenvalue weighted by molar-refractivity contribution is -0.132. The number of Topliss-reactive ketones (excluding diaryl/α,β-unsaturated/α-hetero) is 1. The molecule has 2 aliphatic rings. The molecule has 2 aromatic rings. The number of ether oxygens (including phenoxy) is 2. The molecule has 0 spiro atoms. The van der Waals surface area contributed by atoms with Crippen molar-refractivity contribution in [3.8, 4) is 5.75 Å². The van der Waals surface area contributed by atoms with Gasteiger partial charge < -0.3 is 30.7 Å². The van der Waals surface area contributed by atoms with Crippen LogP contribution in [0.4, 0.5) is 0 Å². The maximum Gasteiger partial charge on any atom is 0.255 e. The standard InChI is InChI=1S/C33H44N4O6/c1-20-7-12-26(29(39)28(20)32-17-25(38)13-15-33(32,41)21(2)37(4)19-32)30(40)35-16-14-23-8-10-24(11-9-23)27(18-34)31(43-6)36-22(3)42-5/h7-12,18,21-22,39,41H,13-17,19,34H2,1-6H3,(H,35,40)/b27-18-,36-31+/t21-,22?,32?,33-/m1/s1. The number of amides is 1. The Hall–Kier alpha value is -3.73. The Morgan fingerprint density at radius 3 is 2.58 bits per heavy atom. The van der Waals surface area contributed by atoms with Crippen LogP contribution in [0.2, 0.25) is 0 Å². The maximum atomic E-state index is 13.3. The second kappa shape index (κ2) is 12.9. The highest BCUT2D eigenvalue weighted by atomic mass is 16.5. The fraction of sp³-hybridized carbons (Fsp3) is 0.485. The molecule has 1 saturated heterocycles. The molecule has 0 bridgehead atoms. The van der Waals surface area contributed by atoms with Crippen molar-refractivity contribution in [1.82, 2.24) is 10.2 Å². The minimum absolute atomic E-state index is 0.0520. The van der Waals surface area contributed by atoms with Crippen LogP contribution < -0.4 is 11.1 Å². The van der Waals surface area contributed by atoms with Crippen LogP contribution in [0.1, 0.15) is 65.7 Å². The van der Waals surface area contributed by atoms with Crippen molar-refractivity contribution in [1.29, 1.82) is 0 Å². The first-order valence-electron chi connectivity index (χ1n) is 14.6. The van der Waals surface area contributed by atoms with Gasteiger partial charge in [-0.2, -0.15) is 0 Å². The van der Waals surface area contributed by atoms with Crippen LogP contribution in [0.5, 0.6) is 5.75 Å². The van der Waals surface area contributed by atoms with Gasteiger partial charge in [-0.3, -0.25) is 14.5 Å². The first kappa shape index (κ1) is 32.2. The molecule has 5 N–H and O–H groups in total. The number of aliphatic hydroxyl groups is 1. The number of phenolic OH excluding ortho intramolecular Hbond substituents is 1. The van der Waals surface area contributed by atoms with Crippen LogP contribution in [0, 0.1) is 6.92 Å². The fourth-order valence-electron chi connectivity index (χ4n) is 6.75. The van der Waals surface area contributed by atoms with E-state index < -0.39 is 23.2 Å². The summed E-state index contributed by atoms with van der Waals surface area (Å²) in [6, 6.07) is 10.9. The second-order valence-electron chi connectivity index (χ2n) is 11.7. The molecule has 1 amide bonds. The zero-order valence-electron chi connectivity index (χ0n) is 25.9. The van der Waals surface area contributed by atoms with Gasteiger partial charge in [0.1, 0.15) is 17.8 Å². The Bertz CT molecular complexity index is 1420. The monoisotopic (exact) mass is 592 g/mol. The molecule has 4 atom stereocenters. The van der Waals surface area contributed by atoms with E-state index >= 15 is 0 Å². The second-order valence-corrected chi connectivity index (χ2v) is 11.7. The number of aromatic hydroxyl groups is 1. The lowest BCUT2D eigenvalue weighted by atomic mass is 9.58. The number of aliphatic imine (C=N–C) groups is 1. The Kier molecular flexibility index (Phi) is 9.63. The minimum Gasteiger partial charge on any atom is -0.507 e. The van der Waals surface area contributed by atoms with Crippen molar-refractivity contribution in [2.24, 2.45) is 10.7 Å². The lowest BCUT2D eigenvalue weighted by Gasteiger charge is -2.47. The van der Waals surface area contributed by atoms with E-state index in [0.29, 0.717) is 49.4 Å². The predicted octanol–water partition coefficient (Wildman–Crippen LogP) is 3.07. The first-order chi connectivity index (χ1) is 20.4. The quantitative estimate of drug-likeness (QED) is 0.257. The number of aryl methyl sites for hydroxylation is 1. The number of likely N-dealkylation sites (N-methyl/N-ethyl adjacent to an activating group) is 1. The van der Waals surface area contributed by atoms with Crippen molar-refractivity contribution in [2.45, 2.75) is 69.7 Å². The molecule has 10 heteroatoms. The molecule has 1 saturated carbocycles. The van der Waals surface area contributed by atoms with Crippen molar-refractivity contribution >= 4 is 23.2 Å². The number of methoxy groups -OCH3 is 2. The molecular weight excluding hydrogens is 548 g/mol. The van der Waals surface area contributed by atoms with Crippen LogP contribution in [0.15, 0.2) is 47.6 Å². The van der Waals surface area contributed by atoms with Gasteiger partial charge in [-0.1, -0.05) is 30.3 Å². The Morgan fingerprint density at radius 2 is 1.95 bits per heavy atom. The van der Waals surface area contributed by atoms with Gasteiger partial charge in [0.05, 0.1) is 23.8 Å². The number of nitrogens with two attached hydrogens (primary N) is 1. The highest BCUT2D eigenvalue weighted by Crippen LogP contribution is 2.56. The van der Waals surface area contributed by atoms with E-state index in [-0.39, 0.29) is 29.6 Å². The van der Waals surface area contributed by atoms with Gasteiger partial charge in [-0.15, -0.1) is 0 Å². The number of ketones is 1. The molecule has 2 aromatic carbocycles. The normalized spacial score (nSPS) is 25.4. The van der Waals surface area contributed by atoms with E-state index in [1.165, 1.54) is 13.3 Å². The molecule has 1 aliphatic carbocycles. The largest absolute Gasteiger partial charge is 0.507 e. The summed E-state index contributed by atoms with van der Waals surface area (Å²) in [5.41, 5.74) is 7.49. The summed E-state index contributed by atoms with van der Waals surface area (Å²) in [5, 5.41) is 26.4. The van der Waals surface area contributed by atoms with Gasteiger partial charge in [0, 0.05) is 56.3 Å². The van der Waals surface area contributed by atoms with Crippen LogP contribution in [0.25, 0.3) is 5.57 Å². The molecule has 2 unspecified atom stereocenters. The number of benzene rings is 2. The van der Waals surface area contributed by atoms with Crippen molar-refractivity contribution < 1.29 is 29.3 Å². The summed E-state index contributed by atoms with van der Waals surface area (Å²) < 4.78 is 10.6. The van der Waals surface area contributed by atoms with E-state index in [1.54, 1.807) is 26.2 Å². The first-order valence-corrected chi connectivity index (χ1v) is 14.6. The third-order valence-electron chi connectivity index (χ3n) is 9.29. The van der Waals surface area contributed by atoms with E-state index in [0.717, 1.165) is 16.7 Å². The number of fused-ring (bicyclic) bond motifs is 1. The average Bonchev–Trinajstić information content (AvgIpc) is 3.18. The number of hydrogen-bond donors (Lipinski definition) is 4. The third kappa shape index (κ3) is 5.91. The average molecular weight is 593 g/mol. The smallest absolute Gasteiger partial charge is 0.255 e. The molecule has 0 aromatic heterocycles. The van der Waals surface area contributed by atoms with Crippen LogP contribution in [-0.2, 0) is 26.1 Å². The van der Waals surface area contributed by atoms with E-state index in [4.69, 9.17) is 15.2 Å². The Balaban J connectivity index is 1.50. The summed E-state index contributed by atoms with van der Waals surface area (Å²) in [6.07, 6.45) is 2.35. The molecule has 1 aliphatic heterocycles. The summed E-state index contributed by atoms with van der Waals surface area (Å²) in [6.45, 7) is 6.35. The SMILES string of the molecule is COC(=N/C(C)OC)/C(=C\N)c1ccc(CCNC(=O)c2ccc(C)c(C34CC(=O)CC[C@@]3(O)[C@@H](C)N(C)C4)c2O)cc1. The van der Waals surface area contributed by atoms with E-state index in [2.05, 4.69) is 10.3 Å². The van der Waals surface area contributed by atoms with Crippen molar-refractivity contribution in [3.63, 3.8) is 0 Å². The summed E-state index contributed by atoms with van der Waals surface area (Å²) >= 11 is 0. The van der Waals surface area contributed by atoms with Gasteiger partial charge in [0.25, 0.3) is 5.91 Å². The van der Waals surface area contributed by atoms with Crippen LogP contribution in [-0.4, -0.2) is 84.9 Å². The molecule has 4 rings (SSSR count). The van der Waals surface area contributed by atoms with E-state index in [9.17, 15) is 19.8 Å². The molecule has 232 valence electrons. The summed E-state index contributed by atoms with van der Waals surface area (Å²) in [5.74, 6) is -0.171. The number of hydrogen-bond acceptors (Lipinski definition) is 9. The number of phenols is 1. The van der Waals surface area contributed by atoms with Gasteiger partial charge >= 0.3 is 0 Å². The summed E-state index contributed by atoms with van der Waals surface area (Å²) in [4.78, 5) is 32.4. The number of carbonyl (C=O) groups excluding carboxylic acids is 2. The molecule has 1 heterocycles. The number of rotatable bonds is 9. The molecule has 43 heavy (non-hydrogen) atoms. The summed E-state index contributed by atoms with van der Waals surface area (Å²) in [7, 11) is 5.01. The van der Waals surface area contributed by atoms with E-state index in [1.807, 2.05) is 50.1 Å². The van der Waals surface area contributed by atoms with Gasteiger partial charge in [0.2, 0.25) is 5.90 Å². The maximum absolute atomic E-state index is 13.3. The molecule has 0 radical (unpaired) electrons. The van der Waals surface area contributed by atoms with Gasteiger partial charge in [-0.25, -0.2) is 4.99 Å². The Labute approximate surface area is 253 Å². The van der Waals surface area contributed by atoms with Crippen LogP contribution >= 0.6 is 0 Å². The minimum atomic E-state index is -1.20. The zero-order chi connectivity index (χ0) is 31.5. The highest BCUT2D eigenvalue weighted by molar-refractivity contribution is 6.19. The third-order valence-corrected chi connectivity index (χ3v) is 9.29. The van der Waals surface area contributed by atoms with Gasteiger partial charge in [-0.05, 0) is 63.4 Å². The van der Waals surface area contributed by atoms with Crippen LogP contribution in [0.3, 0.4) is 0 Å². The number of likely N-dealkylation sites (tertiary alicyclic amines) is 1. The van der Waals surface area contributed by atoms with Crippen molar-refractivity contribution in [3.05, 3.63) is 70.4 Å². The highest BCUT2D eigenvalue weighted by Gasteiger charge is 2.64.